The summed E-state index contributed by atoms with van der Waals surface area (Å²) in [5.41, 5.74) is 1.52. The van der Waals surface area contributed by atoms with Crippen LogP contribution < -0.4 is 4.72 Å². The monoisotopic (exact) mass is 428 g/mol. The maximum absolute atomic E-state index is 13.0. The van der Waals surface area contributed by atoms with Gasteiger partial charge in [-0.3, -0.25) is 4.98 Å². The highest BCUT2D eigenvalue weighted by molar-refractivity contribution is 7.89. The van der Waals surface area contributed by atoms with Crippen molar-refractivity contribution in [3.63, 3.8) is 0 Å². The highest BCUT2D eigenvalue weighted by atomic mass is 32.2. The molecule has 1 atom stereocenters. The second-order valence-electron chi connectivity index (χ2n) is 6.90. The van der Waals surface area contributed by atoms with Crippen LogP contribution in [0, 0.1) is 0 Å². The third-order valence-electron chi connectivity index (χ3n) is 4.47. The van der Waals surface area contributed by atoms with E-state index in [1.54, 1.807) is 30.5 Å². The molecule has 0 saturated carbocycles. The second-order valence-corrected chi connectivity index (χ2v) is 10.1. The van der Waals surface area contributed by atoms with Crippen LogP contribution >= 0.6 is 0 Å². The predicted octanol–water partition coefficient (Wildman–Crippen LogP) is 3.89. The fraction of sp³-hybridized carbons (Fsp3) is 0.227. The summed E-state index contributed by atoms with van der Waals surface area (Å²) in [6.45, 7) is 4.12. The van der Waals surface area contributed by atoms with Crippen LogP contribution in [0.2, 0.25) is 0 Å². The van der Waals surface area contributed by atoms with Crippen molar-refractivity contribution in [2.75, 3.05) is 6.54 Å². The van der Waals surface area contributed by atoms with Gasteiger partial charge in [0.05, 0.1) is 15.7 Å². The highest BCUT2D eigenvalue weighted by Gasteiger charge is 2.22. The Kier molecular flexibility index (Phi) is 6.95. The number of hydrogen-bond donors (Lipinski definition) is 1. The van der Waals surface area contributed by atoms with Crippen LogP contribution in [-0.2, 0) is 27.2 Å². The third kappa shape index (κ3) is 5.38. The van der Waals surface area contributed by atoms with Crippen molar-refractivity contribution in [1.29, 1.82) is 0 Å². The number of rotatable bonds is 8. The van der Waals surface area contributed by atoms with Gasteiger partial charge in [-0.15, -0.1) is 0 Å². The van der Waals surface area contributed by atoms with Crippen LogP contribution in [0.3, 0.4) is 0 Å². The third-order valence-corrected chi connectivity index (χ3v) is 7.37. The van der Waals surface area contributed by atoms with Crippen molar-refractivity contribution in [2.24, 2.45) is 0 Å². The van der Waals surface area contributed by atoms with Crippen molar-refractivity contribution in [3.05, 3.63) is 84.2 Å². The zero-order valence-electron chi connectivity index (χ0n) is 16.4. The molecule has 0 aliphatic carbocycles. The van der Waals surface area contributed by atoms with Gasteiger partial charge < -0.3 is 0 Å². The Hall–Kier alpha value is -2.35. The SMILES string of the molecule is CC(C)c1ccc([S@@](=O)c2ccccc2)cc1S(=O)(=O)NCCc1ccccn1. The van der Waals surface area contributed by atoms with E-state index in [-0.39, 0.29) is 17.4 Å². The largest absolute Gasteiger partial charge is 0.261 e. The van der Waals surface area contributed by atoms with Gasteiger partial charge >= 0.3 is 0 Å². The lowest BCUT2D eigenvalue weighted by molar-refractivity contribution is 0.578. The molecule has 3 aromatic rings. The number of benzene rings is 2. The molecule has 0 aliphatic heterocycles. The molecule has 0 fully saturated rings. The molecular weight excluding hydrogens is 404 g/mol. The van der Waals surface area contributed by atoms with Gasteiger partial charge in [0.2, 0.25) is 10.0 Å². The van der Waals surface area contributed by atoms with Crippen LogP contribution in [0.4, 0.5) is 0 Å². The summed E-state index contributed by atoms with van der Waals surface area (Å²) < 4.78 is 41.6. The number of hydrogen-bond acceptors (Lipinski definition) is 4. The summed E-state index contributed by atoms with van der Waals surface area (Å²) in [4.78, 5) is 5.49. The van der Waals surface area contributed by atoms with Gasteiger partial charge in [0.1, 0.15) is 0 Å². The Bertz CT molecular complexity index is 1080. The van der Waals surface area contributed by atoms with Crippen molar-refractivity contribution in [1.82, 2.24) is 9.71 Å². The van der Waals surface area contributed by atoms with Crippen molar-refractivity contribution >= 4 is 20.8 Å². The lowest BCUT2D eigenvalue weighted by atomic mass is 10.0. The molecule has 0 aliphatic rings. The van der Waals surface area contributed by atoms with E-state index in [0.29, 0.717) is 21.8 Å². The normalized spacial score (nSPS) is 12.8. The minimum atomic E-state index is -3.76. The van der Waals surface area contributed by atoms with E-state index in [2.05, 4.69) is 9.71 Å². The Morgan fingerprint density at radius 1 is 0.966 bits per heavy atom. The topological polar surface area (TPSA) is 76.1 Å². The summed E-state index contributed by atoms with van der Waals surface area (Å²) in [5.74, 6) is 0.0107. The standard InChI is InChI=1S/C22H24N2O3S2/c1-17(2)21-12-11-20(28(25)19-9-4-3-5-10-19)16-22(21)29(26,27)24-15-13-18-8-6-7-14-23-18/h3-12,14,16-17,24H,13,15H2,1-2H3/t28-/m0/s1. The zero-order chi connectivity index (χ0) is 20.9. The number of nitrogens with one attached hydrogen (secondary N) is 1. The summed E-state index contributed by atoms with van der Waals surface area (Å²) in [7, 11) is -5.21. The van der Waals surface area contributed by atoms with Gasteiger partial charge in [-0.25, -0.2) is 17.3 Å². The smallest absolute Gasteiger partial charge is 0.240 e. The molecule has 0 amide bonds. The van der Waals surface area contributed by atoms with Crippen molar-refractivity contribution in [2.45, 2.75) is 40.9 Å². The molecule has 5 nitrogen and oxygen atoms in total. The Morgan fingerprint density at radius 2 is 1.69 bits per heavy atom. The molecule has 1 N–H and O–H groups in total. The molecule has 7 heteroatoms. The predicted molar refractivity (Wildman–Crippen MR) is 115 cm³/mol. The van der Waals surface area contributed by atoms with E-state index in [1.165, 1.54) is 6.07 Å². The second kappa shape index (κ2) is 9.43. The Labute approximate surface area is 174 Å². The molecule has 0 unspecified atom stereocenters. The minimum Gasteiger partial charge on any atom is -0.261 e. The number of pyridine rings is 1. The van der Waals surface area contributed by atoms with E-state index >= 15 is 0 Å². The fourth-order valence-electron chi connectivity index (χ4n) is 2.96. The molecule has 3 rings (SSSR count). The van der Waals surface area contributed by atoms with Gasteiger partial charge in [0.25, 0.3) is 0 Å². The molecule has 1 aromatic heterocycles. The van der Waals surface area contributed by atoms with Gasteiger partial charge in [-0.2, -0.15) is 0 Å². The van der Waals surface area contributed by atoms with Gasteiger partial charge in [0.15, 0.2) is 0 Å². The first kappa shape index (κ1) is 21.4. The van der Waals surface area contributed by atoms with Gasteiger partial charge in [0, 0.05) is 34.6 Å². The Morgan fingerprint density at radius 3 is 2.34 bits per heavy atom. The number of sulfonamides is 1. The van der Waals surface area contributed by atoms with Crippen LogP contribution in [0.15, 0.2) is 87.6 Å². The maximum Gasteiger partial charge on any atom is 0.240 e. The van der Waals surface area contributed by atoms with E-state index in [9.17, 15) is 12.6 Å². The molecule has 0 bridgehead atoms. The van der Waals surface area contributed by atoms with E-state index in [1.807, 2.05) is 50.2 Å². The summed E-state index contributed by atoms with van der Waals surface area (Å²) in [6.07, 6.45) is 2.18. The molecule has 0 saturated heterocycles. The average molecular weight is 429 g/mol. The average Bonchev–Trinajstić information content (AvgIpc) is 2.74. The van der Waals surface area contributed by atoms with Crippen LogP contribution in [0.25, 0.3) is 0 Å². The molecule has 152 valence electrons. The van der Waals surface area contributed by atoms with Crippen molar-refractivity contribution < 1.29 is 12.6 Å². The quantitative estimate of drug-likeness (QED) is 0.590. The lowest BCUT2D eigenvalue weighted by Gasteiger charge is -2.15. The molecule has 2 aromatic carbocycles. The van der Waals surface area contributed by atoms with E-state index < -0.39 is 20.8 Å². The lowest BCUT2D eigenvalue weighted by Crippen LogP contribution is -2.27. The maximum atomic E-state index is 13.0. The first-order valence-electron chi connectivity index (χ1n) is 9.39. The molecule has 1 heterocycles. The zero-order valence-corrected chi connectivity index (χ0v) is 18.0. The van der Waals surface area contributed by atoms with Crippen LogP contribution in [0.1, 0.15) is 31.0 Å². The highest BCUT2D eigenvalue weighted by Crippen LogP contribution is 2.27. The first-order chi connectivity index (χ1) is 13.9. The van der Waals surface area contributed by atoms with E-state index in [0.717, 1.165) is 5.69 Å². The van der Waals surface area contributed by atoms with Crippen LogP contribution in [0.5, 0.6) is 0 Å². The number of nitrogens with zero attached hydrogens (tertiary/aromatic N) is 1. The van der Waals surface area contributed by atoms with Crippen molar-refractivity contribution in [3.8, 4) is 0 Å². The number of aromatic nitrogens is 1. The fourth-order valence-corrected chi connectivity index (χ4v) is 5.55. The van der Waals surface area contributed by atoms with Gasteiger partial charge in [-0.05, 0) is 47.9 Å². The molecule has 0 radical (unpaired) electrons. The minimum absolute atomic E-state index is 0.0107. The van der Waals surface area contributed by atoms with Crippen LogP contribution in [-0.4, -0.2) is 24.2 Å². The molecule has 29 heavy (non-hydrogen) atoms. The first-order valence-corrected chi connectivity index (χ1v) is 12.0. The summed E-state index contributed by atoms with van der Waals surface area (Å²) >= 11 is 0. The molecular formula is C22H24N2O3S2. The summed E-state index contributed by atoms with van der Waals surface area (Å²) in [5, 5.41) is 0. The summed E-state index contributed by atoms with van der Waals surface area (Å²) in [6, 6.07) is 19.6. The molecule has 0 spiro atoms. The Balaban J connectivity index is 1.88. The van der Waals surface area contributed by atoms with Gasteiger partial charge in [-0.1, -0.05) is 44.2 Å². The van der Waals surface area contributed by atoms with E-state index in [4.69, 9.17) is 0 Å².